The Morgan fingerprint density at radius 2 is 1.81 bits per heavy atom. The molecule has 0 aliphatic rings. The maximum Gasteiger partial charge on any atom is 0.230 e. The van der Waals surface area contributed by atoms with Crippen molar-refractivity contribution in [3.63, 3.8) is 0 Å². The molecule has 1 aromatic carbocycles. The van der Waals surface area contributed by atoms with E-state index in [1.54, 1.807) is 12.1 Å². The number of halogens is 4. The van der Waals surface area contributed by atoms with Gasteiger partial charge in [0.15, 0.2) is 11.6 Å². The van der Waals surface area contributed by atoms with Crippen LogP contribution in [-0.4, -0.2) is 28.0 Å². The van der Waals surface area contributed by atoms with Crippen molar-refractivity contribution in [2.75, 3.05) is 18.0 Å². The number of anilines is 1. The number of hydrogen-bond acceptors (Lipinski definition) is 4. The van der Waals surface area contributed by atoms with E-state index in [2.05, 4.69) is 30.9 Å². The minimum Gasteiger partial charge on any atom is -0.341 e. The molecule has 4 nitrogen and oxygen atoms in total. The van der Waals surface area contributed by atoms with E-state index in [0.29, 0.717) is 23.5 Å². The van der Waals surface area contributed by atoms with Gasteiger partial charge in [-0.15, -0.1) is 0 Å². The smallest absolute Gasteiger partial charge is 0.230 e. The van der Waals surface area contributed by atoms with Crippen LogP contribution >= 0.6 is 39.1 Å². The van der Waals surface area contributed by atoms with Crippen molar-refractivity contribution >= 4 is 45.1 Å². The van der Waals surface area contributed by atoms with Crippen molar-refractivity contribution in [1.29, 1.82) is 0 Å². The molecule has 112 valence electrons. The molecule has 0 spiro atoms. The average Bonchev–Trinajstić information content (AvgIpc) is 2.45. The summed E-state index contributed by atoms with van der Waals surface area (Å²) < 4.78 is 14.7. The molecule has 0 fully saturated rings. The van der Waals surface area contributed by atoms with Crippen molar-refractivity contribution < 1.29 is 4.39 Å². The minimum absolute atomic E-state index is 0.0142. The summed E-state index contributed by atoms with van der Waals surface area (Å²) >= 11 is 15.0. The highest BCUT2D eigenvalue weighted by atomic mass is 79.9. The van der Waals surface area contributed by atoms with Crippen LogP contribution in [0, 0.1) is 5.82 Å². The molecule has 0 radical (unpaired) electrons. The van der Waals surface area contributed by atoms with Crippen molar-refractivity contribution in [1.82, 2.24) is 15.0 Å². The van der Waals surface area contributed by atoms with E-state index in [1.165, 1.54) is 0 Å². The third kappa shape index (κ3) is 3.44. The van der Waals surface area contributed by atoms with Gasteiger partial charge in [0.25, 0.3) is 0 Å². The lowest BCUT2D eigenvalue weighted by Gasteiger charge is -2.18. The first-order valence-electron chi connectivity index (χ1n) is 6.28. The first-order valence-corrected chi connectivity index (χ1v) is 7.83. The molecule has 0 saturated heterocycles. The van der Waals surface area contributed by atoms with Gasteiger partial charge in [0.05, 0.1) is 10.6 Å². The maximum atomic E-state index is 14.3. The van der Waals surface area contributed by atoms with E-state index in [1.807, 2.05) is 18.7 Å². The van der Waals surface area contributed by atoms with E-state index in [4.69, 9.17) is 23.2 Å². The van der Waals surface area contributed by atoms with Crippen molar-refractivity contribution in [3.05, 3.63) is 32.7 Å². The predicted octanol–water partition coefficient (Wildman–Crippen LogP) is 4.59. The highest BCUT2D eigenvalue weighted by Gasteiger charge is 2.17. The molecular weight excluding hydrogens is 382 g/mol. The fraction of sp³-hybridized carbons (Fsp3) is 0.308. The van der Waals surface area contributed by atoms with E-state index in [-0.39, 0.29) is 21.7 Å². The van der Waals surface area contributed by atoms with Crippen molar-refractivity contribution in [2.24, 2.45) is 0 Å². The van der Waals surface area contributed by atoms with Gasteiger partial charge in [-0.05, 0) is 53.5 Å². The van der Waals surface area contributed by atoms with Crippen LogP contribution in [0.3, 0.4) is 0 Å². The Labute approximate surface area is 140 Å². The van der Waals surface area contributed by atoms with Gasteiger partial charge < -0.3 is 4.90 Å². The number of aromatic nitrogens is 3. The van der Waals surface area contributed by atoms with E-state index < -0.39 is 5.82 Å². The largest absolute Gasteiger partial charge is 0.341 e. The number of rotatable bonds is 4. The first kappa shape index (κ1) is 16.4. The number of hydrogen-bond donors (Lipinski definition) is 0. The van der Waals surface area contributed by atoms with Crippen LogP contribution in [0.2, 0.25) is 10.3 Å². The van der Waals surface area contributed by atoms with E-state index >= 15 is 0 Å². The Kier molecular flexibility index (Phi) is 5.35. The zero-order valence-corrected chi connectivity index (χ0v) is 14.5. The van der Waals surface area contributed by atoms with Gasteiger partial charge in [0, 0.05) is 17.6 Å². The van der Waals surface area contributed by atoms with Gasteiger partial charge in [-0.1, -0.05) is 11.6 Å². The summed E-state index contributed by atoms with van der Waals surface area (Å²) in [6.07, 6.45) is 0. The molecule has 1 heterocycles. The third-order valence-corrected chi connectivity index (χ3v) is 4.35. The summed E-state index contributed by atoms with van der Waals surface area (Å²) in [5.41, 5.74) is 0.181. The van der Waals surface area contributed by atoms with Crippen LogP contribution in [0.25, 0.3) is 11.4 Å². The normalized spacial score (nSPS) is 10.8. The van der Waals surface area contributed by atoms with Crippen molar-refractivity contribution in [2.45, 2.75) is 13.8 Å². The Morgan fingerprint density at radius 3 is 2.43 bits per heavy atom. The summed E-state index contributed by atoms with van der Waals surface area (Å²) in [6.45, 7) is 5.36. The standard InChI is InChI=1S/C13H12BrCl2FN4/c1-3-21(4-2)13-19-11(18-12(16)20-13)7-5-6-8(14)9(15)10(7)17/h5-6H,3-4H2,1-2H3. The van der Waals surface area contributed by atoms with Crippen LogP contribution in [0.5, 0.6) is 0 Å². The molecule has 0 unspecified atom stereocenters. The summed E-state index contributed by atoms with van der Waals surface area (Å²) in [7, 11) is 0. The highest BCUT2D eigenvalue weighted by molar-refractivity contribution is 9.10. The van der Waals surface area contributed by atoms with Crippen LogP contribution in [0.15, 0.2) is 16.6 Å². The fourth-order valence-corrected chi connectivity index (χ4v) is 2.43. The Balaban J connectivity index is 2.57. The minimum atomic E-state index is -0.598. The van der Waals surface area contributed by atoms with Crippen LogP contribution in [0.1, 0.15) is 13.8 Å². The molecule has 8 heteroatoms. The summed E-state index contributed by atoms with van der Waals surface area (Å²) in [4.78, 5) is 14.2. The Morgan fingerprint density at radius 1 is 1.14 bits per heavy atom. The van der Waals surface area contributed by atoms with Gasteiger partial charge in [-0.2, -0.15) is 15.0 Å². The molecule has 1 aromatic heterocycles. The summed E-state index contributed by atoms with van der Waals surface area (Å²) in [5.74, 6) is -0.0314. The predicted molar refractivity (Wildman–Crippen MR) is 86.5 cm³/mol. The lowest BCUT2D eigenvalue weighted by atomic mass is 10.2. The average molecular weight is 394 g/mol. The molecule has 0 aliphatic carbocycles. The van der Waals surface area contributed by atoms with Crippen LogP contribution in [0.4, 0.5) is 10.3 Å². The SMILES string of the molecule is CCN(CC)c1nc(Cl)nc(-c2ccc(Br)c(Cl)c2F)n1. The van der Waals surface area contributed by atoms with Gasteiger partial charge in [0.2, 0.25) is 11.2 Å². The molecule has 0 atom stereocenters. The molecule has 0 saturated carbocycles. The molecule has 0 bridgehead atoms. The van der Waals surface area contributed by atoms with Crippen molar-refractivity contribution in [3.8, 4) is 11.4 Å². The van der Waals surface area contributed by atoms with E-state index in [9.17, 15) is 4.39 Å². The summed E-state index contributed by atoms with van der Waals surface area (Å²) in [6, 6.07) is 3.18. The lowest BCUT2D eigenvalue weighted by Crippen LogP contribution is -2.24. The van der Waals surface area contributed by atoms with Crippen LogP contribution in [-0.2, 0) is 0 Å². The molecule has 21 heavy (non-hydrogen) atoms. The zero-order chi connectivity index (χ0) is 15.6. The second-order valence-electron chi connectivity index (χ2n) is 4.12. The van der Waals surface area contributed by atoms with Crippen LogP contribution < -0.4 is 4.90 Å². The topological polar surface area (TPSA) is 41.9 Å². The Bertz CT molecular complexity index is 665. The Hall–Kier alpha value is -0.980. The van der Waals surface area contributed by atoms with E-state index in [0.717, 1.165) is 0 Å². The molecule has 0 amide bonds. The molecule has 2 aromatic rings. The maximum absolute atomic E-state index is 14.3. The monoisotopic (exact) mass is 392 g/mol. The highest BCUT2D eigenvalue weighted by Crippen LogP contribution is 2.32. The molecular formula is C13H12BrCl2FN4. The van der Waals surface area contributed by atoms with Gasteiger partial charge >= 0.3 is 0 Å². The summed E-state index contributed by atoms with van der Waals surface area (Å²) in [5, 5.41) is -0.00577. The number of nitrogens with zero attached hydrogens (tertiary/aromatic N) is 4. The second-order valence-corrected chi connectivity index (χ2v) is 5.69. The molecule has 2 rings (SSSR count). The lowest BCUT2D eigenvalue weighted by molar-refractivity contribution is 0.629. The molecule has 0 aliphatic heterocycles. The van der Waals surface area contributed by atoms with Gasteiger partial charge in [0.1, 0.15) is 0 Å². The first-order chi connectivity index (χ1) is 9.97. The quantitative estimate of drug-likeness (QED) is 0.712. The fourth-order valence-electron chi connectivity index (χ4n) is 1.81. The number of benzene rings is 1. The zero-order valence-electron chi connectivity index (χ0n) is 11.4. The van der Waals surface area contributed by atoms with Gasteiger partial charge in [-0.25, -0.2) is 4.39 Å². The molecule has 0 N–H and O–H groups in total. The second kappa shape index (κ2) is 6.85. The third-order valence-electron chi connectivity index (χ3n) is 2.92. The van der Waals surface area contributed by atoms with Gasteiger partial charge in [-0.3, -0.25) is 0 Å².